The van der Waals surface area contributed by atoms with E-state index in [1.165, 1.54) is 0 Å². The van der Waals surface area contributed by atoms with Crippen LogP contribution < -0.4 is 4.74 Å². The topological polar surface area (TPSA) is 81.4 Å². The second-order valence-electron chi connectivity index (χ2n) is 5.95. The van der Waals surface area contributed by atoms with Gasteiger partial charge < -0.3 is 14.2 Å². The number of likely N-dealkylation sites (tertiary alicyclic amines) is 1. The number of halogens is 1. The number of nitrogens with zero attached hydrogens (tertiary/aromatic N) is 4. The summed E-state index contributed by atoms with van der Waals surface area (Å²) in [7, 11) is 0. The SMILES string of the molecule is Cc1noc(C)c1C(=O)N1CCCC(COc2ncc(Br)cn2)C1. The largest absolute Gasteiger partial charge is 0.463 e. The number of rotatable bonds is 4. The van der Waals surface area contributed by atoms with Crippen molar-refractivity contribution in [2.24, 2.45) is 5.92 Å². The van der Waals surface area contributed by atoms with Gasteiger partial charge in [-0.25, -0.2) is 9.97 Å². The van der Waals surface area contributed by atoms with E-state index in [4.69, 9.17) is 9.26 Å². The first kappa shape index (κ1) is 16.9. The molecule has 3 heterocycles. The Morgan fingerprint density at radius 1 is 1.42 bits per heavy atom. The van der Waals surface area contributed by atoms with Gasteiger partial charge in [-0.15, -0.1) is 0 Å². The van der Waals surface area contributed by atoms with Crippen molar-refractivity contribution < 1.29 is 14.1 Å². The van der Waals surface area contributed by atoms with Gasteiger partial charge in [-0.1, -0.05) is 5.16 Å². The third kappa shape index (κ3) is 3.75. The highest BCUT2D eigenvalue weighted by Gasteiger charge is 2.28. The molecular weight excluding hydrogens is 376 g/mol. The summed E-state index contributed by atoms with van der Waals surface area (Å²) in [5, 5.41) is 3.87. The fourth-order valence-electron chi connectivity index (χ4n) is 2.90. The molecule has 0 spiro atoms. The summed E-state index contributed by atoms with van der Waals surface area (Å²) in [5.41, 5.74) is 1.21. The number of carbonyl (C=O) groups excluding carboxylic acids is 1. The molecule has 0 aromatic carbocycles. The number of carbonyl (C=O) groups is 1. The Kier molecular flexibility index (Phi) is 5.13. The Bertz CT molecular complexity index is 697. The molecule has 1 fully saturated rings. The summed E-state index contributed by atoms with van der Waals surface area (Å²) in [6.45, 7) is 5.45. The Morgan fingerprint density at radius 3 is 2.83 bits per heavy atom. The van der Waals surface area contributed by atoms with Gasteiger partial charge in [0.2, 0.25) is 0 Å². The molecule has 2 aromatic rings. The second-order valence-corrected chi connectivity index (χ2v) is 6.87. The van der Waals surface area contributed by atoms with Crippen LogP contribution in [0.1, 0.15) is 34.7 Å². The van der Waals surface area contributed by atoms with Crippen LogP contribution in [-0.4, -0.2) is 45.6 Å². The van der Waals surface area contributed by atoms with E-state index in [2.05, 4.69) is 31.1 Å². The Labute approximate surface area is 148 Å². The van der Waals surface area contributed by atoms with Crippen LogP contribution in [-0.2, 0) is 0 Å². The van der Waals surface area contributed by atoms with Crippen molar-refractivity contribution in [3.63, 3.8) is 0 Å². The first-order valence-electron chi connectivity index (χ1n) is 7.87. The molecule has 1 amide bonds. The monoisotopic (exact) mass is 394 g/mol. The summed E-state index contributed by atoms with van der Waals surface area (Å²) >= 11 is 3.29. The molecule has 7 nitrogen and oxygen atoms in total. The van der Waals surface area contributed by atoms with E-state index in [1.54, 1.807) is 26.2 Å². The van der Waals surface area contributed by atoms with E-state index in [9.17, 15) is 4.79 Å². The lowest BCUT2D eigenvalue weighted by Gasteiger charge is -2.32. The van der Waals surface area contributed by atoms with Crippen molar-refractivity contribution in [1.29, 1.82) is 0 Å². The van der Waals surface area contributed by atoms with Gasteiger partial charge in [0, 0.05) is 31.4 Å². The summed E-state index contributed by atoms with van der Waals surface area (Å²) in [5.74, 6) is 0.811. The summed E-state index contributed by atoms with van der Waals surface area (Å²) in [6.07, 6.45) is 5.26. The van der Waals surface area contributed by atoms with Gasteiger partial charge in [-0.2, -0.15) is 0 Å². The maximum absolute atomic E-state index is 12.7. The maximum atomic E-state index is 12.7. The zero-order valence-corrected chi connectivity index (χ0v) is 15.2. The predicted molar refractivity (Wildman–Crippen MR) is 89.8 cm³/mol. The summed E-state index contributed by atoms with van der Waals surface area (Å²) in [4.78, 5) is 22.8. The third-order valence-electron chi connectivity index (χ3n) is 4.10. The average Bonchev–Trinajstić information content (AvgIpc) is 2.93. The fourth-order valence-corrected chi connectivity index (χ4v) is 3.10. The van der Waals surface area contributed by atoms with Crippen LogP contribution in [0.15, 0.2) is 21.4 Å². The van der Waals surface area contributed by atoms with Crippen LogP contribution in [0.4, 0.5) is 0 Å². The van der Waals surface area contributed by atoms with E-state index < -0.39 is 0 Å². The molecule has 0 radical (unpaired) electrons. The standard InChI is InChI=1S/C16H19BrN4O3/c1-10-14(11(2)24-20-10)15(22)21-5-3-4-12(8-21)9-23-16-18-6-13(17)7-19-16/h6-7,12H,3-5,8-9H2,1-2H3. The highest BCUT2D eigenvalue weighted by atomic mass is 79.9. The van der Waals surface area contributed by atoms with Crippen LogP contribution >= 0.6 is 15.9 Å². The molecule has 8 heteroatoms. The first-order valence-corrected chi connectivity index (χ1v) is 8.66. The predicted octanol–water partition coefficient (Wildman–Crippen LogP) is 2.78. The van der Waals surface area contributed by atoms with Crippen molar-refractivity contribution in [2.45, 2.75) is 26.7 Å². The van der Waals surface area contributed by atoms with Crippen molar-refractivity contribution in [3.05, 3.63) is 33.9 Å². The Hall–Kier alpha value is -1.96. The van der Waals surface area contributed by atoms with Gasteiger partial charge in [0.15, 0.2) is 0 Å². The highest BCUT2D eigenvalue weighted by molar-refractivity contribution is 9.10. The van der Waals surface area contributed by atoms with Crippen molar-refractivity contribution >= 4 is 21.8 Å². The molecule has 0 bridgehead atoms. The maximum Gasteiger partial charge on any atom is 0.316 e. The van der Waals surface area contributed by atoms with Crippen LogP contribution in [0.25, 0.3) is 0 Å². The van der Waals surface area contributed by atoms with E-state index in [0.29, 0.717) is 36.2 Å². The van der Waals surface area contributed by atoms with E-state index in [0.717, 1.165) is 23.9 Å². The molecule has 2 aromatic heterocycles. The second kappa shape index (κ2) is 7.29. The van der Waals surface area contributed by atoms with Gasteiger partial charge in [0.25, 0.3) is 5.91 Å². The molecular formula is C16H19BrN4O3. The molecule has 1 aliphatic rings. The van der Waals surface area contributed by atoms with Gasteiger partial charge in [-0.3, -0.25) is 4.79 Å². The summed E-state index contributed by atoms with van der Waals surface area (Å²) in [6, 6.07) is 0.354. The van der Waals surface area contributed by atoms with Gasteiger partial charge in [-0.05, 0) is 42.6 Å². The Balaban J connectivity index is 1.60. The average molecular weight is 395 g/mol. The normalized spacial score (nSPS) is 17.8. The van der Waals surface area contributed by atoms with Crippen molar-refractivity contribution in [3.8, 4) is 6.01 Å². The number of hydrogen-bond donors (Lipinski definition) is 0. The minimum atomic E-state index is -0.0177. The molecule has 0 aliphatic carbocycles. The number of hydrogen-bond acceptors (Lipinski definition) is 6. The molecule has 3 rings (SSSR count). The van der Waals surface area contributed by atoms with Gasteiger partial charge >= 0.3 is 6.01 Å². The van der Waals surface area contributed by atoms with Gasteiger partial charge in [0.1, 0.15) is 11.3 Å². The first-order chi connectivity index (χ1) is 11.5. The number of amides is 1. The lowest BCUT2D eigenvalue weighted by atomic mass is 9.98. The molecule has 1 unspecified atom stereocenters. The molecule has 0 N–H and O–H groups in total. The van der Waals surface area contributed by atoms with E-state index in [-0.39, 0.29) is 11.8 Å². The fraction of sp³-hybridized carbons (Fsp3) is 0.500. The van der Waals surface area contributed by atoms with Crippen LogP contribution in [0.2, 0.25) is 0 Å². The number of aryl methyl sites for hydroxylation is 2. The minimum Gasteiger partial charge on any atom is -0.463 e. The molecule has 0 saturated carbocycles. The third-order valence-corrected chi connectivity index (χ3v) is 4.51. The number of ether oxygens (including phenoxy) is 1. The van der Waals surface area contributed by atoms with Gasteiger partial charge in [0.05, 0.1) is 16.8 Å². The smallest absolute Gasteiger partial charge is 0.316 e. The Morgan fingerprint density at radius 2 is 2.17 bits per heavy atom. The minimum absolute atomic E-state index is 0.0177. The number of aromatic nitrogens is 3. The van der Waals surface area contributed by atoms with Crippen LogP contribution in [0.3, 0.4) is 0 Å². The molecule has 24 heavy (non-hydrogen) atoms. The lowest BCUT2D eigenvalue weighted by Crippen LogP contribution is -2.42. The molecule has 128 valence electrons. The van der Waals surface area contributed by atoms with E-state index in [1.807, 2.05) is 4.90 Å². The number of piperidine rings is 1. The molecule has 1 saturated heterocycles. The zero-order chi connectivity index (χ0) is 17.1. The zero-order valence-electron chi connectivity index (χ0n) is 13.7. The van der Waals surface area contributed by atoms with Crippen molar-refractivity contribution in [1.82, 2.24) is 20.0 Å². The molecule has 1 atom stereocenters. The van der Waals surface area contributed by atoms with Crippen molar-refractivity contribution in [2.75, 3.05) is 19.7 Å². The van der Waals surface area contributed by atoms with E-state index >= 15 is 0 Å². The lowest BCUT2D eigenvalue weighted by molar-refractivity contribution is 0.0626. The highest BCUT2D eigenvalue weighted by Crippen LogP contribution is 2.22. The van der Waals surface area contributed by atoms with Crippen LogP contribution in [0, 0.1) is 19.8 Å². The van der Waals surface area contributed by atoms with Crippen LogP contribution in [0.5, 0.6) is 6.01 Å². The molecule has 1 aliphatic heterocycles. The quantitative estimate of drug-likeness (QED) is 0.792. The summed E-state index contributed by atoms with van der Waals surface area (Å²) < 4.78 is 11.6.